The molecule has 3 rings (SSSR count). The fourth-order valence-corrected chi connectivity index (χ4v) is 3.99. The lowest BCUT2D eigenvalue weighted by atomic mass is 10.3. The van der Waals surface area contributed by atoms with Crippen LogP contribution in [0.4, 0.5) is 5.69 Å². The number of halogens is 2. The lowest BCUT2D eigenvalue weighted by Gasteiger charge is -2.22. The van der Waals surface area contributed by atoms with Crippen LogP contribution in [-0.2, 0) is 4.79 Å². The number of amides is 1. The third-order valence-corrected chi connectivity index (χ3v) is 5.79. The van der Waals surface area contributed by atoms with Crippen molar-refractivity contribution < 1.29 is 4.79 Å². The van der Waals surface area contributed by atoms with Gasteiger partial charge in [-0.15, -0.1) is 11.3 Å². The van der Waals surface area contributed by atoms with Crippen LogP contribution < -0.4 is 5.32 Å². The third kappa shape index (κ3) is 4.12. The minimum atomic E-state index is -0.175. The zero-order chi connectivity index (χ0) is 18.0. The Morgan fingerprint density at radius 3 is 2.56 bits per heavy atom. The van der Waals surface area contributed by atoms with E-state index in [2.05, 4.69) is 16.4 Å². The molecule has 7 heteroatoms. The summed E-state index contributed by atoms with van der Waals surface area (Å²) in [5, 5.41) is 4.60. The van der Waals surface area contributed by atoms with Crippen molar-refractivity contribution in [2.24, 2.45) is 0 Å². The van der Waals surface area contributed by atoms with Crippen LogP contribution in [0.25, 0.3) is 10.2 Å². The summed E-state index contributed by atoms with van der Waals surface area (Å²) >= 11 is 13.8. The van der Waals surface area contributed by atoms with Gasteiger partial charge in [-0.05, 0) is 38.2 Å². The molecule has 0 radical (unpaired) electrons. The van der Waals surface area contributed by atoms with E-state index in [4.69, 9.17) is 23.2 Å². The highest BCUT2D eigenvalue weighted by atomic mass is 35.5. The summed E-state index contributed by atoms with van der Waals surface area (Å²) in [6.07, 6.45) is 0. The van der Waals surface area contributed by atoms with E-state index in [1.54, 1.807) is 29.5 Å². The largest absolute Gasteiger partial charge is 0.322 e. The zero-order valence-electron chi connectivity index (χ0n) is 13.8. The van der Waals surface area contributed by atoms with Crippen LogP contribution in [-0.4, -0.2) is 29.4 Å². The topological polar surface area (TPSA) is 45.2 Å². The number of para-hydroxylation sites is 2. The molecule has 1 atom stereocenters. The first-order valence-electron chi connectivity index (χ1n) is 7.75. The Hall–Kier alpha value is -1.66. The lowest BCUT2D eigenvalue weighted by Crippen LogP contribution is -2.32. The van der Waals surface area contributed by atoms with E-state index >= 15 is 0 Å². The number of fused-ring (bicyclic) bond motifs is 1. The van der Waals surface area contributed by atoms with Crippen LogP contribution >= 0.6 is 34.5 Å². The number of anilines is 1. The van der Waals surface area contributed by atoms with Crippen molar-refractivity contribution in [1.29, 1.82) is 0 Å². The molecule has 0 aliphatic rings. The lowest BCUT2D eigenvalue weighted by molar-refractivity contribution is -0.117. The molecule has 0 saturated heterocycles. The van der Waals surface area contributed by atoms with Gasteiger partial charge in [0.1, 0.15) is 5.01 Å². The molecule has 0 spiro atoms. The SMILES string of the molecule is CC(c1nc2ccccc2s1)N(C)CC(=O)Nc1c(Cl)cccc1Cl. The van der Waals surface area contributed by atoms with E-state index in [1.165, 1.54) is 0 Å². The summed E-state index contributed by atoms with van der Waals surface area (Å²) in [7, 11) is 1.89. The third-order valence-electron chi connectivity index (χ3n) is 3.95. The van der Waals surface area contributed by atoms with Crippen LogP contribution in [0.15, 0.2) is 42.5 Å². The van der Waals surface area contributed by atoms with E-state index in [9.17, 15) is 4.79 Å². The van der Waals surface area contributed by atoms with Gasteiger partial charge in [-0.3, -0.25) is 9.69 Å². The van der Waals surface area contributed by atoms with E-state index < -0.39 is 0 Å². The highest BCUT2D eigenvalue weighted by Crippen LogP contribution is 2.31. The minimum Gasteiger partial charge on any atom is -0.322 e. The van der Waals surface area contributed by atoms with Crippen molar-refractivity contribution in [2.45, 2.75) is 13.0 Å². The minimum absolute atomic E-state index is 0.0184. The Kier molecular flexibility index (Phi) is 5.59. The van der Waals surface area contributed by atoms with Crippen molar-refractivity contribution in [3.8, 4) is 0 Å². The fourth-order valence-electron chi connectivity index (χ4n) is 2.42. The first-order valence-corrected chi connectivity index (χ1v) is 9.32. The Balaban J connectivity index is 1.68. The van der Waals surface area contributed by atoms with Crippen molar-refractivity contribution in [2.75, 3.05) is 18.9 Å². The molecule has 1 unspecified atom stereocenters. The highest BCUT2D eigenvalue weighted by molar-refractivity contribution is 7.18. The van der Waals surface area contributed by atoms with Crippen molar-refractivity contribution in [1.82, 2.24) is 9.88 Å². The number of nitrogens with zero attached hydrogens (tertiary/aromatic N) is 2. The van der Waals surface area contributed by atoms with E-state index in [0.29, 0.717) is 15.7 Å². The summed E-state index contributed by atoms with van der Waals surface area (Å²) in [6.45, 7) is 2.24. The molecule has 0 saturated carbocycles. The summed E-state index contributed by atoms with van der Waals surface area (Å²) in [5.41, 5.74) is 1.42. The number of carbonyl (C=O) groups excluding carboxylic acids is 1. The quantitative estimate of drug-likeness (QED) is 0.644. The molecule has 130 valence electrons. The standard InChI is InChI=1S/C18H17Cl2N3OS/c1-11(18-21-14-8-3-4-9-15(14)25-18)23(2)10-16(24)22-17-12(19)6-5-7-13(17)20/h3-9,11H,10H2,1-2H3,(H,22,24). The number of aromatic nitrogens is 1. The van der Waals surface area contributed by atoms with Gasteiger partial charge in [-0.2, -0.15) is 0 Å². The number of rotatable bonds is 5. The molecule has 0 fully saturated rings. The summed E-state index contributed by atoms with van der Waals surface area (Å²) in [4.78, 5) is 18.9. The molecule has 25 heavy (non-hydrogen) atoms. The first kappa shape index (κ1) is 18.1. The highest BCUT2D eigenvalue weighted by Gasteiger charge is 2.19. The monoisotopic (exact) mass is 393 g/mol. The van der Waals surface area contributed by atoms with Crippen LogP contribution in [0.3, 0.4) is 0 Å². The maximum absolute atomic E-state index is 12.3. The average molecular weight is 394 g/mol. The molecule has 0 aliphatic heterocycles. The Morgan fingerprint density at radius 2 is 1.88 bits per heavy atom. The second-order valence-electron chi connectivity index (χ2n) is 5.76. The number of hydrogen-bond acceptors (Lipinski definition) is 4. The first-order chi connectivity index (χ1) is 12.0. The maximum atomic E-state index is 12.3. The predicted octanol–water partition coefficient (Wildman–Crippen LogP) is 5.23. The van der Waals surface area contributed by atoms with Crippen molar-refractivity contribution >= 4 is 56.3 Å². The summed E-state index contributed by atoms with van der Waals surface area (Å²) < 4.78 is 1.14. The molecule has 0 aliphatic carbocycles. The predicted molar refractivity (Wildman–Crippen MR) is 106 cm³/mol. The van der Waals surface area contributed by atoms with Crippen LogP contribution in [0, 0.1) is 0 Å². The Labute approximate surface area is 160 Å². The molecule has 1 N–H and O–H groups in total. The molecule has 0 bridgehead atoms. The van der Waals surface area contributed by atoms with Gasteiger partial charge in [0.25, 0.3) is 0 Å². The molecule has 1 heterocycles. The second-order valence-corrected chi connectivity index (χ2v) is 7.63. The van der Waals surface area contributed by atoms with E-state index in [1.807, 2.05) is 37.1 Å². The molecular formula is C18H17Cl2N3OS. The number of benzene rings is 2. The summed E-state index contributed by atoms with van der Waals surface area (Å²) in [6, 6.07) is 13.2. The fraction of sp³-hybridized carbons (Fsp3) is 0.222. The number of hydrogen-bond donors (Lipinski definition) is 1. The summed E-state index contributed by atoms with van der Waals surface area (Å²) in [5.74, 6) is -0.175. The van der Waals surface area contributed by atoms with Crippen LogP contribution in [0.5, 0.6) is 0 Å². The van der Waals surface area contributed by atoms with Crippen molar-refractivity contribution in [3.63, 3.8) is 0 Å². The molecule has 1 aromatic heterocycles. The van der Waals surface area contributed by atoms with Gasteiger partial charge in [0.15, 0.2) is 0 Å². The van der Waals surface area contributed by atoms with Crippen LogP contribution in [0.1, 0.15) is 18.0 Å². The molecule has 3 aromatic rings. The Morgan fingerprint density at radius 1 is 1.20 bits per heavy atom. The smallest absolute Gasteiger partial charge is 0.238 e. The van der Waals surface area contributed by atoms with Gasteiger partial charge in [0.2, 0.25) is 5.91 Å². The van der Waals surface area contributed by atoms with Gasteiger partial charge in [-0.25, -0.2) is 4.98 Å². The van der Waals surface area contributed by atoms with E-state index in [-0.39, 0.29) is 18.5 Å². The normalized spacial score (nSPS) is 12.5. The molecule has 2 aromatic carbocycles. The maximum Gasteiger partial charge on any atom is 0.238 e. The molecule has 4 nitrogen and oxygen atoms in total. The number of thiazole rings is 1. The van der Waals surface area contributed by atoms with Crippen LogP contribution in [0.2, 0.25) is 10.0 Å². The zero-order valence-corrected chi connectivity index (χ0v) is 16.1. The van der Waals surface area contributed by atoms with E-state index in [0.717, 1.165) is 15.2 Å². The molecule has 1 amide bonds. The van der Waals surface area contributed by atoms with Gasteiger partial charge >= 0.3 is 0 Å². The molecular weight excluding hydrogens is 377 g/mol. The number of likely N-dealkylation sites (N-methyl/N-ethyl adjacent to an activating group) is 1. The van der Waals surface area contributed by atoms with Gasteiger partial charge < -0.3 is 5.32 Å². The van der Waals surface area contributed by atoms with Gasteiger partial charge in [-0.1, -0.05) is 41.4 Å². The van der Waals surface area contributed by atoms with Gasteiger partial charge in [0.05, 0.1) is 38.5 Å². The second kappa shape index (κ2) is 7.70. The Bertz CT molecular complexity index is 859. The van der Waals surface area contributed by atoms with Gasteiger partial charge in [0, 0.05) is 0 Å². The number of carbonyl (C=O) groups is 1. The number of nitrogens with one attached hydrogen (secondary N) is 1. The van der Waals surface area contributed by atoms with Crippen molar-refractivity contribution in [3.05, 3.63) is 57.5 Å². The average Bonchev–Trinajstić information content (AvgIpc) is 3.01.